The first-order valence-corrected chi connectivity index (χ1v) is 7.34. The van der Waals surface area contributed by atoms with E-state index in [-0.39, 0.29) is 6.54 Å². The summed E-state index contributed by atoms with van der Waals surface area (Å²) in [5.41, 5.74) is 3.82. The number of benzene rings is 1. The summed E-state index contributed by atoms with van der Waals surface area (Å²) in [5.74, 6) is 0. The van der Waals surface area contributed by atoms with Crippen molar-refractivity contribution >= 4 is 21.6 Å². The van der Waals surface area contributed by atoms with Gasteiger partial charge in [0.25, 0.3) is 0 Å². The number of halogens is 4. The van der Waals surface area contributed by atoms with E-state index in [1.807, 2.05) is 0 Å². The van der Waals surface area contributed by atoms with Gasteiger partial charge in [0.1, 0.15) is 4.90 Å². The molecule has 0 radical (unpaired) electrons. The number of nitrogens with one attached hydrogen (secondary N) is 1. The Morgan fingerprint density at radius 1 is 1.30 bits per heavy atom. The van der Waals surface area contributed by atoms with Crippen LogP contribution in [0.15, 0.2) is 23.1 Å². The van der Waals surface area contributed by atoms with E-state index in [0.717, 1.165) is 6.07 Å². The van der Waals surface area contributed by atoms with Crippen LogP contribution in [-0.2, 0) is 16.2 Å². The molecule has 0 aliphatic heterocycles. The highest BCUT2D eigenvalue weighted by atomic mass is 35.5. The lowest BCUT2D eigenvalue weighted by Crippen LogP contribution is -2.45. The number of hydrogen-bond acceptors (Lipinski definition) is 3. The maximum Gasteiger partial charge on any atom is 0.416 e. The zero-order valence-corrected chi connectivity index (χ0v) is 12.3. The summed E-state index contributed by atoms with van der Waals surface area (Å²) >= 11 is 5.62. The highest BCUT2D eigenvalue weighted by molar-refractivity contribution is 7.89. The van der Waals surface area contributed by atoms with Crippen LogP contribution in [0, 0.1) is 0 Å². The van der Waals surface area contributed by atoms with Crippen LogP contribution in [0.4, 0.5) is 13.2 Å². The maximum absolute atomic E-state index is 12.5. The van der Waals surface area contributed by atoms with Gasteiger partial charge in [-0.3, -0.25) is 0 Å². The molecule has 0 saturated carbocycles. The fourth-order valence-corrected chi connectivity index (χ4v) is 3.02. The van der Waals surface area contributed by atoms with Crippen LogP contribution in [-0.4, -0.2) is 20.5 Å². The number of rotatable bonds is 4. The third kappa shape index (κ3) is 4.62. The normalized spacial score (nSPS) is 13.6. The van der Waals surface area contributed by atoms with Gasteiger partial charge in [0.15, 0.2) is 0 Å². The van der Waals surface area contributed by atoms with Gasteiger partial charge in [0, 0.05) is 12.1 Å². The third-order valence-electron chi connectivity index (χ3n) is 2.27. The van der Waals surface area contributed by atoms with Crippen molar-refractivity contribution in [3.8, 4) is 0 Å². The highest BCUT2D eigenvalue weighted by Crippen LogP contribution is 2.33. The van der Waals surface area contributed by atoms with Gasteiger partial charge < -0.3 is 5.73 Å². The monoisotopic (exact) mass is 330 g/mol. The first-order valence-electron chi connectivity index (χ1n) is 5.48. The molecule has 9 heteroatoms. The number of hydrogen-bond donors (Lipinski definition) is 2. The first kappa shape index (κ1) is 17.2. The molecule has 4 nitrogen and oxygen atoms in total. The summed E-state index contributed by atoms with van der Waals surface area (Å²) < 4.78 is 63.4. The van der Waals surface area contributed by atoms with Crippen molar-refractivity contribution in [3.63, 3.8) is 0 Å². The summed E-state index contributed by atoms with van der Waals surface area (Å²) in [6, 6.07) is 2.05. The molecule has 3 N–H and O–H groups in total. The van der Waals surface area contributed by atoms with Crippen molar-refractivity contribution in [2.45, 2.75) is 30.5 Å². The van der Waals surface area contributed by atoms with Gasteiger partial charge >= 0.3 is 6.18 Å². The Kier molecular flexibility index (Phi) is 4.75. The fraction of sp³-hybridized carbons (Fsp3) is 0.455. The Morgan fingerprint density at radius 3 is 2.25 bits per heavy atom. The molecule has 0 aromatic heterocycles. The predicted molar refractivity (Wildman–Crippen MR) is 69.9 cm³/mol. The second kappa shape index (κ2) is 5.51. The van der Waals surface area contributed by atoms with Gasteiger partial charge in [-0.15, -0.1) is 0 Å². The van der Waals surface area contributed by atoms with Crippen molar-refractivity contribution in [2.24, 2.45) is 5.73 Å². The van der Waals surface area contributed by atoms with Crippen molar-refractivity contribution in [1.29, 1.82) is 0 Å². The Bertz CT molecular complexity index is 595. The van der Waals surface area contributed by atoms with E-state index in [1.165, 1.54) is 0 Å². The van der Waals surface area contributed by atoms with Crippen LogP contribution in [0.2, 0.25) is 5.02 Å². The van der Waals surface area contributed by atoms with Crippen molar-refractivity contribution in [3.05, 3.63) is 28.8 Å². The van der Waals surface area contributed by atoms with E-state index in [2.05, 4.69) is 4.72 Å². The lowest BCUT2D eigenvalue weighted by molar-refractivity contribution is -0.137. The molecule has 0 unspecified atom stereocenters. The van der Waals surface area contributed by atoms with Gasteiger partial charge in [0.2, 0.25) is 10.0 Å². The molecule has 0 aliphatic rings. The van der Waals surface area contributed by atoms with Crippen LogP contribution < -0.4 is 10.5 Å². The first-order chi connectivity index (χ1) is 8.83. The Labute approximate surface area is 120 Å². The minimum Gasteiger partial charge on any atom is -0.324 e. The van der Waals surface area contributed by atoms with Crippen molar-refractivity contribution < 1.29 is 21.6 Å². The predicted octanol–water partition coefficient (Wildman–Crippen LogP) is 2.37. The molecule has 0 saturated heterocycles. The van der Waals surface area contributed by atoms with Gasteiger partial charge in [-0.2, -0.15) is 13.2 Å². The molecule has 0 spiro atoms. The van der Waals surface area contributed by atoms with Crippen LogP contribution in [0.5, 0.6) is 0 Å². The molecule has 1 aromatic carbocycles. The molecule has 0 bridgehead atoms. The molecule has 114 valence electrons. The molecule has 1 rings (SSSR count). The smallest absolute Gasteiger partial charge is 0.324 e. The van der Waals surface area contributed by atoms with Gasteiger partial charge in [-0.1, -0.05) is 11.6 Å². The maximum atomic E-state index is 12.5. The SMILES string of the molecule is CC(C)(N)CNS(=O)(=O)c1ccc(C(F)(F)F)cc1Cl. The zero-order valence-electron chi connectivity index (χ0n) is 10.8. The molecule has 0 atom stereocenters. The zero-order chi connectivity index (χ0) is 15.8. The van der Waals surface area contributed by atoms with E-state index in [9.17, 15) is 21.6 Å². The van der Waals surface area contributed by atoms with Crippen LogP contribution in [0.1, 0.15) is 19.4 Å². The summed E-state index contributed by atoms with van der Waals surface area (Å²) in [4.78, 5) is -0.420. The summed E-state index contributed by atoms with van der Waals surface area (Å²) in [6.45, 7) is 3.13. The molecule has 1 aromatic rings. The third-order valence-corrected chi connectivity index (χ3v) is 4.15. The Morgan fingerprint density at radius 2 is 1.85 bits per heavy atom. The van der Waals surface area contributed by atoms with E-state index >= 15 is 0 Å². The molecule has 0 aliphatic carbocycles. The lowest BCUT2D eigenvalue weighted by Gasteiger charge is -2.19. The number of nitrogens with two attached hydrogens (primary N) is 1. The average molecular weight is 331 g/mol. The number of sulfonamides is 1. The molecule has 0 heterocycles. The summed E-state index contributed by atoms with van der Waals surface area (Å²) in [7, 11) is -4.02. The van der Waals surface area contributed by atoms with E-state index < -0.39 is 37.2 Å². The largest absolute Gasteiger partial charge is 0.416 e. The van der Waals surface area contributed by atoms with Gasteiger partial charge in [-0.25, -0.2) is 13.1 Å². The minimum atomic E-state index is -4.58. The number of alkyl halides is 3. The van der Waals surface area contributed by atoms with E-state index in [4.69, 9.17) is 17.3 Å². The highest BCUT2D eigenvalue weighted by Gasteiger charge is 2.32. The quantitative estimate of drug-likeness (QED) is 0.890. The summed E-state index contributed by atoms with van der Waals surface area (Å²) in [6.07, 6.45) is -4.58. The molecule has 20 heavy (non-hydrogen) atoms. The van der Waals surface area contributed by atoms with Gasteiger partial charge in [0.05, 0.1) is 10.6 Å². The minimum absolute atomic E-state index is 0.0767. The Hall–Kier alpha value is -0.830. The van der Waals surface area contributed by atoms with Crippen LogP contribution in [0.3, 0.4) is 0 Å². The Balaban J connectivity index is 3.09. The average Bonchev–Trinajstić information content (AvgIpc) is 2.24. The summed E-state index contributed by atoms with van der Waals surface area (Å²) in [5, 5.41) is -0.498. The van der Waals surface area contributed by atoms with E-state index in [1.54, 1.807) is 13.8 Å². The van der Waals surface area contributed by atoms with Crippen LogP contribution >= 0.6 is 11.6 Å². The standard InChI is InChI=1S/C11H14ClF3N2O2S/c1-10(2,16)6-17-20(18,19)9-4-3-7(5-8(9)12)11(13,14)15/h3-5,17H,6,16H2,1-2H3. The lowest BCUT2D eigenvalue weighted by atomic mass is 10.1. The van der Waals surface area contributed by atoms with Crippen LogP contribution in [0.25, 0.3) is 0 Å². The van der Waals surface area contributed by atoms with E-state index in [0.29, 0.717) is 12.1 Å². The second-order valence-electron chi connectivity index (χ2n) is 4.96. The topological polar surface area (TPSA) is 72.2 Å². The fourth-order valence-electron chi connectivity index (χ4n) is 1.25. The second-order valence-corrected chi connectivity index (χ2v) is 7.10. The molecular weight excluding hydrogens is 317 g/mol. The van der Waals surface area contributed by atoms with Crippen molar-refractivity contribution in [1.82, 2.24) is 4.72 Å². The molecule has 0 amide bonds. The van der Waals surface area contributed by atoms with Gasteiger partial charge in [-0.05, 0) is 32.0 Å². The molecule has 0 fully saturated rings. The molecular formula is C11H14ClF3N2O2S. The van der Waals surface area contributed by atoms with Crippen molar-refractivity contribution in [2.75, 3.05) is 6.54 Å².